The Labute approximate surface area is 125 Å². The normalized spacial score (nSPS) is 11.3. The molecule has 1 amide bonds. The number of unbranched alkanes of at least 4 members (excludes halogenated alkanes) is 1. The largest absolute Gasteiger partial charge is 0.356 e. The number of amides is 1. The molecule has 0 bridgehead atoms. The van der Waals surface area contributed by atoms with Gasteiger partial charge >= 0.3 is 0 Å². The van der Waals surface area contributed by atoms with Crippen LogP contribution < -0.4 is 5.32 Å². The SMILES string of the molecule is CCCCNC(=O)CCS(=O)(=O)Cc1ccc(Cl)cc1. The molecule has 0 heterocycles. The summed E-state index contributed by atoms with van der Waals surface area (Å²) in [7, 11) is -3.28. The van der Waals surface area contributed by atoms with Crippen molar-refractivity contribution in [2.24, 2.45) is 0 Å². The van der Waals surface area contributed by atoms with Crippen molar-refractivity contribution in [2.75, 3.05) is 12.3 Å². The standard InChI is InChI=1S/C14H20ClNO3S/c1-2-3-9-16-14(17)8-10-20(18,19)11-12-4-6-13(15)7-5-12/h4-7H,2-3,8-11H2,1H3,(H,16,17). The van der Waals surface area contributed by atoms with Gasteiger partial charge in [0.1, 0.15) is 0 Å². The first-order valence-corrected chi connectivity index (χ1v) is 8.84. The van der Waals surface area contributed by atoms with E-state index in [-0.39, 0.29) is 23.8 Å². The van der Waals surface area contributed by atoms with Crippen LogP contribution >= 0.6 is 11.6 Å². The highest BCUT2D eigenvalue weighted by atomic mass is 35.5. The summed E-state index contributed by atoms with van der Waals surface area (Å²) >= 11 is 5.74. The van der Waals surface area contributed by atoms with Crippen LogP contribution in [-0.4, -0.2) is 26.6 Å². The number of carbonyl (C=O) groups excluding carboxylic acids is 1. The van der Waals surface area contributed by atoms with E-state index in [4.69, 9.17) is 11.6 Å². The molecule has 0 saturated heterocycles. The van der Waals surface area contributed by atoms with Crippen LogP contribution in [0.3, 0.4) is 0 Å². The van der Waals surface area contributed by atoms with Crippen molar-refractivity contribution in [2.45, 2.75) is 31.9 Å². The number of benzene rings is 1. The van der Waals surface area contributed by atoms with Gasteiger partial charge in [-0.05, 0) is 24.1 Å². The van der Waals surface area contributed by atoms with Gasteiger partial charge in [0.2, 0.25) is 5.91 Å². The number of hydrogen-bond donors (Lipinski definition) is 1. The number of halogens is 1. The molecular weight excluding hydrogens is 298 g/mol. The fourth-order valence-electron chi connectivity index (χ4n) is 1.65. The first-order chi connectivity index (χ1) is 9.43. The van der Waals surface area contributed by atoms with Crippen molar-refractivity contribution in [1.82, 2.24) is 5.32 Å². The summed E-state index contributed by atoms with van der Waals surface area (Å²) in [4.78, 5) is 11.5. The molecule has 0 aromatic heterocycles. The van der Waals surface area contributed by atoms with Crippen LogP contribution in [0.4, 0.5) is 0 Å². The molecule has 1 aromatic rings. The van der Waals surface area contributed by atoms with Crippen LogP contribution in [0.2, 0.25) is 5.02 Å². The Kier molecular flexibility index (Phi) is 7.02. The summed E-state index contributed by atoms with van der Waals surface area (Å²) in [5.41, 5.74) is 0.681. The van der Waals surface area contributed by atoms with Crippen LogP contribution in [0.5, 0.6) is 0 Å². The molecule has 20 heavy (non-hydrogen) atoms. The van der Waals surface area contributed by atoms with Gasteiger partial charge in [-0.1, -0.05) is 37.1 Å². The molecule has 4 nitrogen and oxygen atoms in total. The highest BCUT2D eigenvalue weighted by Gasteiger charge is 2.14. The molecule has 0 aliphatic carbocycles. The maximum Gasteiger partial charge on any atom is 0.221 e. The third kappa shape index (κ3) is 6.91. The van der Waals surface area contributed by atoms with Gasteiger partial charge in [-0.2, -0.15) is 0 Å². The molecule has 1 aromatic carbocycles. The van der Waals surface area contributed by atoms with Crippen LogP contribution in [0.25, 0.3) is 0 Å². The van der Waals surface area contributed by atoms with Gasteiger partial charge in [-0.15, -0.1) is 0 Å². The van der Waals surface area contributed by atoms with Crippen molar-refractivity contribution in [3.05, 3.63) is 34.9 Å². The predicted molar refractivity (Wildman–Crippen MR) is 81.5 cm³/mol. The fraction of sp³-hybridized carbons (Fsp3) is 0.500. The minimum Gasteiger partial charge on any atom is -0.356 e. The van der Waals surface area contributed by atoms with Crippen molar-refractivity contribution in [3.8, 4) is 0 Å². The van der Waals surface area contributed by atoms with Gasteiger partial charge in [-0.3, -0.25) is 4.79 Å². The Balaban J connectivity index is 2.41. The number of carbonyl (C=O) groups is 1. The maximum absolute atomic E-state index is 11.9. The maximum atomic E-state index is 11.9. The molecule has 112 valence electrons. The van der Waals surface area contributed by atoms with E-state index < -0.39 is 9.84 Å². The smallest absolute Gasteiger partial charge is 0.221 e. The Hall–Kier alpha value is -1.07. The van der Waals surface area contributed by atoms with Crippen molar-refractivity contribution in [1.29, 1.82) is 0 Å². The van der Waals surface area contributed by atoms with Crippen LogP contribution in [0, 0.1) is 0 Å². The summed E-state index contributed by atoms with van der Waals surface area (Å²) in [6.07, 6.45) is 1.91. The lowest BCUT2D eigenvalue weighted by Gasteiger charge is -2.06. The van der Waals surface area contributed by atoms with Crippen molar-refractivity contribution < 1.29 is 13.2 Å². The second-order valence-electron chi connectivity index (χ2n) is 4.67. The van der Waals surface area contributed by atoms with E-state index in [1.54, 1.807) is 24.3 Å². The number of hydrogen-bond acceptors (Lipinski definition) is 3. The van der Waals surface area contributed by atoms with Gasteiger partial charge in [0.05, 0.1) is 11.5 Å². The molecular formula is C14H20ClNO3S. The first kappa shape index (κ1) is 17.0. The van der Waals surface area contributed by atoms with Gasteiger partial charge < -0.3 is 5.32 Å². The first-order valence-electron chi connectivity index (χ1n) is 6.64. The Bertz CT molecular complexity index is 526. The van der Waals surface area contributed by atoms with E-state index >= 15 is 0 Å². The minimum absolute atomic E-state index is 0.0135. The third-order valence-corrected chi connectivity index (χ3v) is 4.64. The van der Waals surface area contributed by atoms with Crippen molar-refractivity contribution in [3.63, 3.8) is 0 Å². The molecule has 0 aliphatic rings. The zero-order valence-electron chi connectivity index (χ0n) is 11.6. The lowest BCUT2D eigenvalue weighted by molar-refractivity contribution is -0.120. The van der Waals surface area contributed by atoms with E-state index in [9.17, 15) is 13.2 Å². The molecule has 1 rings (SSSR count). The fourth-order valence-corrected chi connectivity index (χ4v) is 3.11. The van der Waals surface area contributed by atoms with Gasteiger partial charge in [0.25, 0.3) is 0 Å². The van der Waals surface area contributed by atoms with E-state index in [0.717, 1.165) is 12.8 Å². The highest BCUT2D eigenvalue weighted by Crippen LogP contribution is 2.12. The molecule has 0 saturated carbocycles. The summed E-state index contributed by atoms with van der Waals surface area (Å²) in [5, 5.41) is 3.28. The molecule has 6 heteroatoms. The number of nitrogens with one attached hydrogen (secondary N) is 1. The molecule has 0 aliphatic heterocycles. The van der Waals surface area contributed by atoms with E-state index in [1.807, 2.05) is 6.92 Å². The summed E-state index contributed by atoms with van der Waals surface area (Å²) in [6, 6.07) is 6.68. The van der Waals surface area contributed by atoms with E-state index in [0.29, 0.717) is 17.1 Å². The van der Waals surface area contributed by atoms with Crippen molar-refractivity contribution >= 4 is 27.3 Å². The summed E-state index contributed by atoms with van der Waals surface area (Å²) in [6.45, 7) is 2.63. The number of sulfone groups is 1. The van der Waals surface area contributed by atoms with Gasteiger partial charge in [0.15, 0.2) is 9.84 Å². The lowest BCUT2D eigenvalue weighted by Crippen LogP contribution is -2.26. The lowest BCUT2D eigenvalue weighted by atomic mass is 10.2. The van der Waals surface area contributed by atoms with E-state index in [1.165, 1.54) is 0 Å². The van der Waals surface area contributed by atoms with E-state index in [2.05, 4.69) is 5.32 Å². The molecule has 0 spiro atoms. The van der Waals surface area contributed by atoms with Crippen LogP contribution in [0.1, 0.15) is 31.7 Å². The minimum atomic E-state index is -3.28. The predicted octanol–water partition coefficient (Wildman–Crippen LogP) is 2.56. The molecule has 0 atom stereocenters. The highest BCUT2D eigenvalue weighted by molar-refractivity contribution is 7.90. The molecule has 0 radical (unpaired) electrons. The van der Waals surface area contributed by atoms with Crippen LogP contribution in [0.15, 0.2) is 24.3 Å². The Morgan fingerprint density at radius 3 is 2.50 bits per heavy atom. The average molecular weight is 318 g/mol. The zero-order chi connectivity index (χ0) is 15.0. The van der Waals surface area contributed by atoms with Gasteiger partial charge in [0, 0.05) is 18.0 Å². The third-order valence-electron chi connectivity index (χ3n) is 2.79. The monoisotopic (exact) mass is 317 g/mol. The summed E-state index contributed by atoms with van der Waals surface area (Å²) in [5.74, 6) is -0.405. The topological polar surface area (TPSA) is 63.2 Å². The quantitative estimate of drug-likeness (QED) is 0.749. The number of rotatable bonds is 8. The second kappa shape index (κ2) is 8.27. The zero-order valence-corrected chi connectivity index (χ0v) is 13.1. The summed E-state index contributed by atoms with van der Waals surface area (Å²) < 4.78 is 23.8. The Morgan fingerprint density at radius 1 is 1.25 bits per heavy atom. The Morgan fingerprint density at radius 2 is 1.90 bits per heavy atom. The van der Waals surface area contributed by atoms with Gasteiger partial charge in [-0.25, -0.2) is 8.42 Å². The average Bonchev–Trinajstić information content (AvgIpc) is 2.39. The second-order valence-corrected chi connectivity index (χ2v) is 7.29. The van der Waals surface area contributed by atoms with Crippen LogP contribution in [-0.2, 0) is 20.4 Å². The molecule has 0 fully saturated rings. The molecule has 1 N–H and O–H groups in total. The molecule has 0 unspecified atom stereocenters.